The fourth-order valence-corrected chi connectivity index (χ4v) is 5.34. The van der Waals surface area contributed by atoms with Gasteiger partial charge in [-0.3, -0.25) is 14.6 Å². The summed E-state index contributed by atoms with van der Waals surface area (Å²) in [4.78, 5) is 35.7. The first-order valence-corrected chi connectivity index (χ1v) is 12.2. The van der Waals surface area contributed by atoms with Gasteiger partial charge in [0.2, 0.25) is 11.9 Å². The average molecular weight is 459 g/mol. The normalized spacial score (nSPS) is 17.1. The number of carbonyl (C=O) groups is 1. The molecule has 1 aliphatic heterocycles. The Morgan fingerprint density at radius 3 is 2.64 bits per heavy atom. The van der Waals surface area contributed by atoms with Crippen LogP contribution >= 0.6 is 11.3 Å². The lowest BCUT2D eigenvalue weighted by atomic mass is 9.96. The van der Waals surface area contributed by atoms with E-state index in [-0.39, 0.29) is 23.4 Å². The molecule has 7 heteroatoms. The van der Waals surface area contributed by atoms with Crippen LogP contribution in [0.3, 0.4) is 0 Å². The minimum absolute atomic E-state index is 0.0417. The van der Waals surface area contributed by atoms with E-state index in [9.17, 15) is 9.59 Å². The van der Waals surface area contributed by atoms with Crippen molar-refractivity contribution in [3.63, 3.8) is 0 Å². The quantitative estimate of drug-likeness (QED) is 0.453. The highest BCUT2D eigenvalue weighted by atomic mass is 32.1. The van der Waals surface area contributed by atoms with E-state index in [0.29, 0.717) is 22.7 Å². The summed E-state index contributed by atoms with van der Waals surface area (Å²) in [6.45, 7) is 3.30. The number of carbonyl (C=O) groups excluding carboxylic acids is 1. The van der Waals surface area contributed by atoms with Crippen molar-refractivity contribution < 1.29 is 4.79 Å². The van der Waals surface area contributed by atoms with Gasteiger partial charge in [-0.25, -0.2) is 4.98 Å². The van der Waals surface area contributed by atoms with Crippen molar-refractivity contribution in [2.75, 3.05) is 18.0 Å². The van der Waals surface area contributed by atoms with Crippen molar-refractivity contribution in [3.05, 3.63) is 82.0 Å². The van der Waals surface area contributed by atoms with Gasteiger partial charge in [0, 0.05) is 24.0 Å². The Morgan fingerprint density at radius 2 is 1.88 bits per heavy atom. The largest absolute Gasteiger partial charge is 0.349 e. The number of aromatic amines is 1. The van der Waals surface area contributed by atoms with Gasteiger partial charge in [0.15, 0.2) is 0 Å². The number of piperidine rings is 1. The van der Waals surface area contributed by atoms with Gasteiger partial charge in [-0.15, -0.1) is 11.3 Å². The van der Waals surface area contributed by atoms with Crippen molar-refractivity contribution in [2.24, 2.45) is 5.92 Å². The van der Waals surface area contributed by atoms with Gasteiger partial charge in [0.05, 0.1) is 17.5 Å². The smallest absolute Gasteiger partial charge is 0.270 e. The summed E-state index contributed by atoms with van der Waals surface area (Å²) in [6, 6.07) is 19.9. The zero-order chi connectivity index (χ0) is 22.8. The molecule has 168 valence electrons. The van der Waals surface area contributed by atoms with E-state index in [0.717, 1.165) is 36.1 Å². The molecule has 2 aromatic heterocycles. The van der Waals surface area contributed by atoms with E-state index < -0.39 is 0 Å². The molecule has 1 amide bonds. The monoisotopic (exact) mass is 458 g/mol. The number of benzene rings is 2. The van der Waals surface area contributed by atoms with Gasteiger partial charge in [0.1, 0.15) is 4.70 Å². The number of hydrogen-bond acceptors (Lipinski definition) is 5. The molecule has 0 aliphatic carbocycles. The third-order valence-corrected chi connectivity index (χ3v) is 7.22. The zero-order valence-electron chi connectivity index (χ0n) is 18.5. The maximum Gasteiger partial charge on any atom is 0.270 e. The molecule has 1 fully saturated rings. The number of rotatable bonds is 5. The number of aromatic nitrogens is 2. The van der Waals surface area contributed by atoms with E-state index in [2.05, 4.69) is 10.3 Å². The molecule has 6 nitrogen and oxygen atoms in total. The predicted molar refractivity (Wildman–Crippen MR) is 134 cm³/mol. The summed E-state index contributed by atoms with van der Waals surface area (Å²) >= 11 is 1.41. The Bertz CT molecular complexity index is 1320. The second-order valence-electron chi connectivity index (χ2n) is 8.51. The minimum atomic E-state index is -0.151. The van der Waals surface area contributed by atoms with Crippen LogP contribution in [0.4, 0.5) is 5.95 Å². The third kappa shape index (κ3) is 4.41. The third-order valence-electron chi connectivity index (χ3n) is 6.25. The van der Waals surface area contributed by atoms with Crippen LogP contribution in [0.25, 0.3) is 21.3 Å². The van der Waals surface area contributed by atoms with Crippen LogP contribution in [-0.4, -0.2) is 29.0 Å². The summed E-state index contributed by atoms with van der Waals surface area (Å²) in [7, 11) is 0. The minimum Gasteiger partial charge on any atom is -0.349 e. The van der Waals surface area contributed by atoms with Crippen LogP contribution in [0.1, 0.15) is 31.4 Å². The highest BCUT2D eigenvalue weighted by Gasteiger charge is 2.28. The first kappa shape index (κ1) is 21.4. The molecule has 1 aliphatic rings. The molecule has 5 rings (SSSR count). The van der Waals surface area contributed by atoms with Gasteiger partial charge in [0.25, 0.3) is 5.56 Å². The van der Waals surface area contributed by atoms with E-state index in [1.54, 1.807) is 0 Å². The maximum absolute atomic E-state index is 13.0. The lowest BCUT2D eigenvalue weighted by Crippen LogP contribution is -2.44. The molecule has 3 heterocycles. The van der Waals surface area contributed by atoms with Crippen molar-refractivity contribution >= 4 is 33.4 Å². The van der Waals surface area contributed by atoms with E-state index in [1.807, 2.05) is 77.9 Å². The number of thiophene rings is 1. The molecule has 0 saturated carbocycles. The fraction of sp³-hybridized carbons (Fsp3) is 0.269. The van der Waals surface area contributed by atoms with Crippen LogP contribution < -0.4 is 15.8 Å². The number of anilines is 1. The van der Waals surface area contributed by atoms with Gasteiger partial charge in [-0.2, -0.15) is 0 Å². The average Bonchev–Trinajstić information content (AvgIpc) is 3.30. The molecular formula is C26H26N4O2S. The van der Waals surface area contributed by atoms with Crippen LogP contribution in [0.15, 0.2) is 70.8 Å². The summed E-state index contributed by atoms with van der Waals surface area (Å²) in [5, 5.41) is 5.14. The van der Waals surface area contributed by atoms with Crippen LogP contribution in [0, 0.1) is 5.92 Å². The number of nitrogens with zero attached hydrogens (tertiary/aromatic N) is 2. The van der Waals surface area contributed by atoms with E-state index >= 15 is 0 Å². The second kappa shape index (κ2) is 9.19. The van der Waals surface area contributed by atoms with Crippen LogP contribution in [-0.2, 0) is 4.79 Å². The highest BCUT2D eigenvalue weighted by molar-refractivity contribution is 7.17. The maximum atomic E-state index is 13.0. The summed E-state index contributed by atoms with van der Waals surface area (Å²) in [6.07, 6.45) is 1.69. The van der Waals surface area contributed by atoms with Crippen molar-refractivity contribution in [1.82, 2.24) is 15.3 Å². The van der Waals surface area contributed by atoms with Crippen molar-refractivity contribution in [1.29, 1.82) is 0 Å². The topological polar surface area (TPSA) is 78.1 Å². The van der Waals surface area contributed by atoms with E-state index in [4.69, 9.17) is 4.98 Å². The zero-order valence-corrected chi connectivity index (χ0v) is 19.3. The van der Waals surface area contributed by atoms with Crippen molar-refractivity contribution in [2.45, 2.75) is 25.8 Å². The molecule has 0 spiro atoms. The Labute approximate surface area is 196 Å². The van der Waals surface area contributed by atoms with Crippen LogP contribution in [0.2, 0.25) is 0 Å². The molecule has 2 unspecified atom stereocenters. The van der Waals surface area contributed by atoms with Gasteiger partial charge >= 0.3 is 0 Å². The number of fused-ring (bicyclic) bond motifs is 1. The number of hydrogen-bond donors (Lipinski definition) is 2. The first-order chi connectivity index (χ1) is 16.1. The number of H-pyrrole nitrogens is 1. The SMILES string of the molecule is CC(NC(=O)C1CCCN(c2nc3c(-c4ccccc4)csc3c(=O)[nH]2)C1)c1ccccc1. The summed E-state index contributed by atoms with van der Waals surface area (Å²) in [5.41, 5.74) is 3.67. The second-order valence-corrected chi connectivity index (χ2v) is 9.39. The molecule has 33 heavy (non-hydrogen) atoms. The molecule has 2 aromatic carbocycles. The summed E-state index contributed by atoms with van der Waals surface area (Å²) < 4.78 is 0.626. The van der Waals surface area contributed by atoms with E-state index in [1.165, 1.54) is 11.3 Å². The molecule has 2 N–H and O–H groups in total. The Morgan fingerprint density at radius 1 is 1.15 bits per heavy atom. The molecule has 4 aromatic rings. The number of amides is 1. The molecule has 2 atom stereocenters. The number of nitrogens with one attached hydrogen (secondary N) is 2. The Kier molecular flexibility index (Phi) is 5.96. The predicted octanol–water partition coefficient (Wildman–Crippen LogP) is 4.75. The van der Waals surface area contributed by atoms with Gasteiger partial charge in [-0.05, 0) is 30.9 Å². The molecule has 1 saturated heterocycles. The lowest BCUT2D eigenvalue weighted by molar-refractivity contribution is -0.125. The fourth-order valence-electron chi connectivity index (χ4n) is 4.43. The summed E-state index contributed by atoms with van der Waals surface area (Å²) in [5.74, 6) is 0.429. The first-order valence-electron chi connectivity index (χ1n) is 11.3. The van der Waals surface area contributed by atoms with Crippen LogP contribution in [0.5, 0.6) is 0 Å². The Hall–Kier alpha value is -3.45. The molecule has 0 radical (unpaired) electrons. The molecular weight excluding hydrogens is 432 g/mol. The van der Waals surface area contributed by atoms with Crippen molar-refractivity contribution in [3.8, 4) is 11.1 Å². The Balaban J connectivity index is 1.37. The highest BCUT2D eigenvalue weighted by Crippen LogP contribution is 2.32. The van der Waals surface area contributed by atoms with Gasteiger partial charge < -0.3 is 10.2 Å². The lowest BCUT2D eigenvalue weighted by Gasteiger charge is -2.33. The molecule has 0 bridgehead atoms. The van der Waals surface area contributed by atoms with Gasteiger partial charge in [-0.1, -0.05) is 60.7 Å². The standard InChI is InChI=1S/C26H26N4O2S/c1-17(18-9-4-2-5-10-18)27-24(31)20-13-8-14-30(15-20)26-28-22-21(19-11-6-3-7-12-19)16-33-23(22)25(32)29-26/h2-7,9-12,16-17,20H,8,13-15H2,1H3,(H,27,31)(H,28,29,32).